The quantitative estimate of drug-likeness (QED) is 0.647. The molecular formula is C13H22N2O5. The third-order valence-corrected chi connectivity index (χ3v) is 3.41. The van der Waals surface area contributed by atoms with Gasteiger partial charge in [-0.25, -0.2) is 0 Å². The van der Waals surface area contributed by atoms with Gasteiger partial charge in [-0.05, 0) is 6.42 Å². The van der Waals surface area contributed by atoms with Crippen molar-refractivity contribution in [2.75, 3.05) is 26.8 Å². The van der Waals surface area contributed by atoms with Gasteiger partial charge in [0, 0.05) is 32.7 Å². The zero-order valence-electron chi connectivity index (χ0n) is 11.9. The molecule has 2 atom stereocenters. The van der Waals surface area contributed by atoms with Gasteiger partial charge in [-0.1, -0.05) is 6.92 Å². The average molecular weight is 286 g/mol. The molecule has 0 aromatic carbocycles. The Balaban J connectivity index is 2.48. The summed E-state index contributed by atoms with van der Waals surface area (Å²) in [6.45, 7) is 3.11. The van der Waals surface area contributed by atoms with Crippen molar-refractivity contribution in [3.8, 4) is 0 Å². The molecule has 2 unspecified atom stereocenters. The Morgan fingerprint density at radius 2 is 2.25 bits per heavy atom. The predicted octanol–water partition coefficient (Wildman–Crippen LogP) is -0.149. The van der Waals surface area contributed by atoms with Gasteiger partial charge in [0.2, 0.25) is 11.8 Å². The Morgan fingerprint density at radius 3 is 2.80 bits per heavy atom. The first-order valence-corrected chi connectivity index (χ1v) is 6.76. The second kappa shape index (κ2) is 7.84. The van der Waals surface area contributed by atoms with E-state index in [1.54, 1.807) is 12.0 Å². The number of hydrogen-bond acceptors (Lipinski definition) is 4. The molecular weight excluding hydrogens is 264 g/mol. The van der Waals surface area contributed by atoms with E-state index in [1.165, 1.54) is 0 Å². The van der Waals surface area contributed by atoms with Crippen molar-refractivity contribution in [3.05, 3.63) is 0 Å². The lowest BCUT2D eigenvalue weighted by Crippen LogP contribution is -2.40. The number of carboxylic acid groups (broad SMARTS) is 1. The third-order valence-electron chi connectivity index (χ3n) is 3.41. The van der Waals surface area contributed by atoms with Crippen LogP contribution in [0.4, 0.5) is 0 Å². The minimum Gasteiger partial charge on any atom is -0.481 e. The molecule has 1 aliphatic heterocycles. The van der Waals surface area contributed by atoms with Crippen LogP contribution in [0.1, 0.15) is 26.2 Å². The molecule has 2 amide bonds. The van der Waals surface area contributed by atoms with Crippen LogP contribution in [0.2, 0.25) is 0 Å². The van der Waals surface area contributed by atoms with Crippen LogP contribution in [0.3, 0.4) is 0 Å². The fourth-order valence-corrected chi connectivity index (χ4v) is 2.19. The molecule has 0 spiro atoms. The smallest absolute Gasteiger partial charge is 0.305 e. The number of rotatable bonds is 8. The highest BCUT2D eigenvalue weighted by Crippen LogP contribution is 2.18. The summed E-state index contributed by atoms with van der Waals surface area (Å²) in [5.74, 6) is -1.65. The van der Waals surface area contributed by atoms with Crippen LogP contribution in [0, 0.1) is 5.92 Å². The van der Waals surface area contributed by atoms with Gasteiger partial charge in [-0.3, -0.25) is 14.4 Å². The first-order valence-electron chi connectivity index (χ1n) is 6.76. The van der Waals surface area contributed by atoms with Crippen LogP contribution < -0.4 is 5.32 Å². The monoisotopic (exact) mass is 286 g/mol. The van der Waals surface area contributed by atoms with Crippen molar-refractivity contribution in [2.45, 2.75) is 32.2 Å². The number of carbonyl (C=O) groups excluding carboxylic acids is 2. The van der Waals surface area contributed by atoms with E-state index in [-0.39, 0.29) is 30.7 Å². The second-order valence-corrected chi connectivity index (χ2v) is 4.95. The van der Waals surface area contributed by atoms with Gasteiger partial charge in [0.1, 0.15) is 0 Å². The first-order chi connectivity index (χ1) is 9.47. The summed E-state index contributed by atoms with van der Waals surface area (Å²) in [5, 5.41) is 11.5. The summed E-state index contributed by atoms with van der Waals surface area (Å²) in [6, 6.07) is -0.386. The molecule has 1 fully saturated rings. The Kier molecular flexibility index (Phi) is 6.44. The van der Waals surface area contributed by atoms with E-state index < -0.39 is 11.9 Å². The second-order valence-electron chi connectivity index (χ2n) is 4.95. The van der Waals surface area contributed by atoms with Crippen LogP contribution >= 0.6 is 0 Å². The lowest BCUT2D eigenvalue weighted by Gasteiger charge is -2.18. The van der Waals surface area contributed by atoms with E-state index in [9.17, 15) is 14.4 Å². The standard InChI is InChI=1S/C13H22N2O5/c1-3-10(7-12(17)18)14-13(19)9-6-11(16)15(8-9)4-5-20-2/h9-10H,3-8H2,1-2H3,(H,14,19)(H,17,18). The molecule has 1 aliphatic rings. The molecule has 1 saturated heterocycles. The molecule has 0 aromatic heterocycles. The first kappa shape index (κ1) is 16.4. The number of amides is 2. The van der Waals surface area contributed by atoms with Crippen molar-refractivity contribution < 1.29 is 24.2 Å². The van der Waals surface area contributed by atoms with E-state index >= 15 is 0 Å². The molecule has 114 valence electrons. The number of ether oxygens (including phenoxy) is 1. The van der Waals surface area contributed by atoms with Crippen molar-refractivity contribution in [2.24, 2.45) is 5.92 Å². The highest BCUT2D eigenvalue weighted by Gasteiger charge is 2.34. The van der Waals surface area contributed by atoms with Crippen LogP contribution in [0.15, 0.2) is 0 Å². The van der Waals surface area contributed by atoms with E-state index in [1.807, 2.05) is 6.92 Å². The summed E-state index contributed by atoms with van der Waals surface area (Å²) < 4.78 is 4.91. The maximum absolute atomic E-state index is 12.0. The molecule has 1 heterocycles. The Hall–Kier alpha value is -1.63. The normalized spacial score (nSPS) is 20.0. The molecule has 0 saturated carbocycles. The van der Waals surface area contributed by atoms with Gasteiger partial charge in [-0.15, -0.1) is 0 Å². The molecule has 7 nitrogen and oxygen atoms in total. The fraction of sp³-hybridized carbons (Fsp3) is 0.769. The van der Waals surface area contributed by atoms with Gasteiger partial charge in [0.15, 0.2) is 0 Å². The largest absolute Gasteiger partial charge is 0.481 e. The predicted molar refractivity (Wildman–Crippen MR) is 71.0 cm³/mol. The van der Waals surface area contributed by atoms with E-state index in [0.29, 0.717) is 26.1 Å². The maximum Gasteiger partial charge on any atom is 0.305 e. The number of carbonyl (C=O) groups is 3. The number of carboxylic acids is 1. The van der Waals surface area contributed by atoms with Gasteiger partial charge in [0.25, 0.3) is 0 Å². The highest BCUT2D eigenvalue weighted by molar-refractivity contribution is 5.89. The summed E-state index contributed by atoms with van der Waals surface area (Å²) in [7, 11) is 1.56. The zero-order chi connectivity index (χ0) is 15.1. The van der Waals surface area contributed by atoms with Gasteiger partial charge < -0.3 is 20.1 Å². The molecule has 7 heteroatoms. The lowest BCUT2D eigenvalue weighted by atomic mass is 10.1. The zero-order valence-corrected chi connectivity index (χ0v) is 11.9. The minimum atomic E-state index is -0.943. The van der Waals surface area contributed by atoms with Crippen LogP contribution in [-0.2, 0) is 19.1 Å². The minimum absolute atomic E-state index is 0.0616. The fourth-order valence-electron chi connectivity index (χ4n) is 2.19. The van der Waals surface area contributed by atoms with Crippen LogP contribution in [0.5, 0.6) is 0 Å². The van der Waals surface area contributed by atoms with E-state index in [4.69, 9.17) is 9.84 Å². The molecule has 0 radical (unpaired) electrons. The van der Waals surface area contributed by atoms with E-state index in [2.05, 4.69) is 5.32 Å². The molecule has 0 aliphatic carbocycles. The number of likely N-dealkylation sites (tertiary alicyclic amines) is 1. The van der Waals surface area contributed by atoms with Crippen molar-refractivity contribution in [1.82, 2.24) is 10.2 Å². The van der Waals surface area contributed by atoms with Crippen molar-refractivity contribution in [1.29, 1.82) is 0 Å². The van der Waals surface area contributed by atoms with Crippen LogP contribution in [-0.4, -0.2) is 60.6 Å². The number of nitrogens with zero attached hydrogens (tertiary/aromatic N) is 1. The average Bonchev–Trinajstić information content (AvgIpc) is 2.76. The maximum atomic E-state index is 12.0. The molecule has 1 rings (SSSR count). The number of aliphatic carboxylic acids is 1. The summed E-state index contributed by atoms with van der Waals surface area (Å²) in [5.41, 5.74) is 0. The third kappa shape index (κ3) is 4.80. The Morgan fingerprint density at radius 1 is 1.55 bits per heavy atom. The lowest BCUT2D eigenvalue weighted by molar-refractivity contribution is -0.138. The Labute approximate surface area is 118 Å². The summed E-state index contributed by atoms with van der Waals surface area (Å²) >= 11 is 0. The number of hydrogen-bond donors (Lipinski definition) is 2. The SMILES string of the molecule is CCC(CC(=O)O)NC(=O)C1CC(=O)N(CCOC)C1. The van der Waals surface area contributed by atoms with Crippen molar-refractivity contribution >= 4 is 17.8 Å². The summed E-state index contributed by atoms with van der Waals surface area (Å²) in [4.78, 5) is 36.0. The van der Waals surface area contributed by atoms with Crippen molar-refractivity contribution in [3.63, 3.8) is 0 Å². The summed E-state index contributed by atoms with van der Waals surface area (Å²) in [6.07, 6.45) is 0.626. The molecule has 2 N–H and O–H groups in total. The van der Waals surface area contributed by atoms with E-state index in [0.717, 1.165) is 0 Å². The number of nitrogens with one attached hydrogen (secondary N) is 1. The van der Waals surface area contributed by atoms with Gasteiger partial charge in [0.05, 0.1) is 18.9 Å². The van der Waals surface area contributed by atoms with Crippen LogP contribution in [0.25, 0.3) is 0 Å². The Bertz CT molecular complexity index is 372. The highest BCUT2D eigenvalue weighted by atomic mass is 16.5. The molecule has 0 aromatic rings. The number of methoxy groups -OCH3 is 1. The topological polar surface area (TPSA) is 95.9 Å². The molecule has 20 heavy (non-hydrogen) atoms. The van der Waals surface area contributed by atoms with Gasteiger partial charge >= 0.3 is 5.97 Å². The van der Waals surface area contributed by atoms with Gasteiger partial charge in [-0.2, -0.15) is 0 Å². The molecule has 0 bridgehead atoms.